The highest BCUT2D eigenvalue weighted by molar-refractivity contribution is 6.32. The average molecular weight is 252 g/mol. The van der Waals surface area contributed by atoms with E-state index < -0.39 is 0 Å². The maximum atomic E-state index is 8.75. The summed E-state index contributed by atoms with van der Waals surface area (Å²) in [6, 6.07) is 5.80. The molecule has 0 radical (unpaired) electrons. The van der Waals surface area contributed by atoms with Crippen LogP contribution in [-0.2, 0) is 6.42 Å². The summed E-state index contributed by atoms with van der Waals surface area (Å²) >= 11 is 6.15. The van der Waals surface area contributed by atoms with Crippen molar-refractivity contribution in [3.05, 3.63) is 40.7 Å². The van der Waals surface area contributed by atoms with E-state index in [1.54, 1.807) is 4.68 Å². The Morgan fingerprint density at radius 3 is 2.94 bits per heavy atom. The molecule has 0 bridgehead atoms. The highest BCUT2D eigenvalue weighted by Gasteiger charge is 2.06. The Balaban J connectivity index is 2.24. The predicted molar refractivity (Wildman–Crippen MR) is 66.5 cm³/mol. The van der Waals surface area contributed by atoms with Crippen LogP contribution in [0.15, 0.2) is 24.4 Å². The summed E-state index contributed by atoms with van der Waals surface area (Å²) in [6.07, 6.45) is 3.26. The molecule has 1 aromatic heterocycles. The minimum absolute atomic E-state index is 0.165. The standard InChI is InChI=1S/C12H14ClN3O/c1-9-4-5-12(11(13)7-9)16-8-10(14-15-16)3-2-6-17/h4-5,7-8,17H,2-3,6H2,1H3. The molecular formula is C12H14ClN3O. The van der Waals surface area contributed by atoms with Crippen LogP contribution >= 0.6 is 11.6 Å². The summed E-state index contributed by atoms with van der Waals surface area (Å²) in [7, 11) is 0. The molecule has 0 fully saturated rings. The number of aliphatic hydroxyl groups is 1. The smallest absolute Gasteiger partial charge is 0.0849 e. The van der Waals surface area contributed by atoms with E-state index in [1.807, 2.05) is 31.3 Å². The van der Waals surface area contributed by atoms with Crippen molar-refractivity contribution in [2.24, 2.45) is 0 Å². The van der Waals surface area contributed by atoms with Crippen molar-refractivity contribution in [2.45, 2.75) is 19.8 Å². The van der Waals surface area contributed by atoms with Gasteiger partial charge in [0, 0.05) is 6.61 Å². The molecule has 1 aromatic carbocycles. The zero-order chi connectivity index (χ0) is 12.3. The second-order valence-corrected chi connectivity index (χ2v) is 4.34. The van der Waals surface area contributed by atoms with Crippen molar-refractivity contribution in [1.82, 2.24) is 15.0 Å². The summed E-state index contributed by atoms with van der Waals surface area (Å²) < 4.78 is 1.66. The molecule has 0 saturated carbocycles. The quantitative estimate of drug-likeness (QED) is 0.906. The molecule has 0 atom stereocenters. The van der Waals surface area contributed by atoms with Crippen LogP contribution < -0.4 is 0 Å². The number of aryl methyl sites for hydroxylation is 2. The van der Waals surface area contributed by atoms with E-state index in [4.69, 9.17) is 16.7 Å². The third kappa shape index (κ3) is 2.84. The summed E-state index contributed by atoms with van der Waals surface area (Å²) in [5.74, 6) is 0. The van der Waals surface area contributed by atoms with Gasteiger partial charge in [-0.2, -0.15) is 0 Å². The molecule has 2 rings (SSSR count). The molecular weight excluding hydrogens is 238 g/mol. The molecule has 1 N–H and O–H groups in total. The van der Waals surface area contributed by atoms with E-state index in [0.717, 1.165) is 23.4 Å². The van der Waals surface area contributed by atoms with Gasteiger partial charge in [0.2, 0.25) is 0 Å². The maximum Gasteiger partial charge on any atom is 0.0849 e. The van der Waals surface area contributed by atoms with Crippen molar-refractivity contribution >= 4 is 11.6 Å². The van der Waals surface area contributed by atoms with Crippen molar-refractivity contribution in [1.29, 1.82) is 0 Å². The van der Waals surface area contributed by atoms with Gasteiger partial charge in [0.15, 0.2) is 0 Å². The normalized spacial score (nSPS) is 10.8. The molecule has 0 unspecified atom stereocenters. The minimum Gasteiger partial charge on any atom is -0.396 e. The van der Waals surface area contributed by atoms with Gasteiger partial charge in [0.05, 0.1) is 22.6 Å². The van der Waals surface area contributed by atoms with Gasteiger partial charge in [-0.1, -0.05) is 22.9 Å². The number of aliphatic hydroxyl groups excluding tert-OH is 1. The summed E-state index contributed by atoms with van der Waals surface area (Å²) in [5, 5.41) is 17.5. The lowest BCUT2D eigenvalue weighted by Crippen LogP contribution is -1.96. The first-order valence-electron chi connectivity index (χ1n) is 5.49. The van der Waals surface area contributed by atoms with Crippen LogP contribution in [0.25, 0.3) is 5.69 Å². The Bertz CT molecular complexity index is 510. The van der Waals surface area contributed by atoms with Gasteiger partial charge in [0.1, 0.15) is 0 Å². The van der Waals surface area contributed by atoms with Crippen LogP contribution in [0.4, 0.5) is 0 Å². The number of rotatable bonds is 4. The predicted octanol–water partition coefficient (Wildman–Crippen LogP) is 2.15. The first kappa shape index (κ1) is 12.1. The van der Waals surface area contributed by atoms with Crippen LogP contribution in [0.2, 0.25) is 5.02 Å². The monoisotopic (exact) mass is 251 g/mol. The largest absolute Gasteiger partial charge is 0.396 e. The van der Waals surface area contributed by atoms with Crippen molar-refractivity contribution in [3.63, 3.8) is 0 Å². The fourth-order valence-electron chi connectivity index (χ4n) is 1.59. The third-order valence-corrected chi connectivity index (χ3v) is 2.78. The Morgan fingerprint density at radius 2 is 2.24 bits per heavy atom. The molecule has 0 spiro atoms. The van der Waals surface area contributed by atoms with Gasteiger partial charge in [-0.25, -0.2) is 4.68 Å². The average Bonchev–Trinajstić information content (AvgIpc) is 2.75. The number of benzene rings is 1. The van der Waals surface area contributed by atoms with Crippen molar-refractivity contribution < 1.29 is 5.11 Å². The Hall–Kier alpha value is -1.39. The second-order valence-electron chi connectivity index (χ2n) is 3.94. The number of nitrogens with zero attached hydrogens (tertiary/aromatic N) is 3. The zero-order valence-electron chi connectivity index (χ0n) is 9.60. The van der Waals surface area contributed by atoms with Crippen LogP contribution in [0, 0.1) is 6.92 Å². The summed E-state index contributed by atoms with van der Waals surface area (Å²) in [4.78, 5) is 0. The topological polar surface area (TPSA) is 50.9 Å². The number of hydrogen-bond donors (Lipinski definition) is 1. The van der Waals surface area contributed by atoms with E-state index >= 15 is 0 Å². The molecule has 2 aromatic rings. The molecule has 1 heterocycles. The van der Waals surface area contributed by atoms with Gasteiger partial charge in [-0.05, 0) is 37.5 Å². The molecule has 90 valence electrons. The van der Waals surface area contributed by atoms with E-state index in [2.05, 4.69) is 10.3 Å². The van der Waals surface area contributed by atoms with E-state index in [0.29, 0.717) is 11.4 Å². The fraction of sp³-hybridized carbons (Fsp3) is 0.333. The van der Waals surface area contributed by atoms with Gasteiger partial charge in [-0.3, -0.25) is 0 Å². The molecule has 0 saturated heterocycles. The molecule has 17 heavy (non-hydrogen) atoms. The van der Waals surface area contributed by atoms with Gasteiger partial charge in [0.25, 0.3) is 0 Å². The molecule has 0 amide bonds. The maximum absolute atomic E-state index is 8.75. The third-order valence-electron chi connectivity index (χ3n) is 2.48. The lowest BCUT2D eigenvalue weighted by atomic mass is 10.2. The van der Waals surface area contributed by atoms with Crippen molar-refractivity contribution in [2.75, 3.05) is 6.61 Å². The summed E-state index contributed by atoms with van der Waals surface area (Å²) in [5.41, 5.74) is 2.79. The van der Waals surface area contributed by atoms with Crippen LogP contribution in [0.5, 0.6) is 0 Å². The van der Waals surface area contributed by atoms with E-state index in [9.17, 15) is 0 Å². The molecule has 4 nitrogen and oxygen atoms in total. The minimum atomic E-state index is 0.165. The lowest BCUT2D eigenvalue weighted by molar-refractivity contribution is 0.288. The number of halogens is 1. The Morgan fingerprint density at radius 1 is 1.41 bits per heavy atom. The molecule has 0 aliphatic heterocycles. The SMILES string of the molecule is Cc1ccc(-n2cc(CCCO)nn2)c(Cl)c1. The summed E-state index contributed by atoms with van der Waals surface area (Å²) in [6.45, 7) is 2.15. The second kappa shape index (κ2) is 5.29. The van der Waals surface area contributed by atoms with Gasteiger partial charge in [-0.15, -0.1) is 5.10 Å². The van der Waals surface area contributed by atoms with E-state index in [-0.39, 0.29) is 6.61 Å². The van der Waals surface area contributed by atoms with Crippen LogP contribution in [0.1, 0.15) is 17.7 Å². The van der Waals surface area contributed by atoms with Gasteiger partial charge >= 0.3 is 0 Å². The molecule has 0 aliphatic rings. The van der Waals surface area contributed by atoms with Crippen LogP contribution in [0.3, 0.4) is 0 Å². The highest BCUT2D eigenvalue weighted by Crippen LogP contribution is 2.21. The van der Waals surface area contributed by atoms with Crippen molar-refractivity contribution in [3.8, 4) is 5.69 Å². The molecule has 0 aliphatic carbocycles. The van der Waals surface area contributed by atoms with E-state index in [1.165, 1.54) is 0 Å². The number of aromatic nitrogens is 3. The Kier molecular flexibility index (Phi) is 3.76. The van der Waals surface area contributed by atoms with Crippen LogP contribution in [-0.4, -0.2) is 26.7 Å². The lowest BCUT2D eigenvalue weighted by Gasteiger charge is -2.03. The zero-order valence-corrected chi connectivity index (χ0v) is 10.4. The first-order chi connectivity index (χ1) is 8.20. The number of hydrogen-bond acceptors (Lipinski definition) is 3. The first-order valence-corrected chi connectivity index (χ1v) is 5.87. The van der Waals surface area contributed by atoms with Gasteiger partial charge < -0.3 is 5.11 Å². The Labute approximate surface area is 105 Å². The molecule has 5 heteroatoms. The fourth-order valence-corrected chi connectivity index (χ4v) is 1.91. The highest BCUT2D eigenvalue weighted by atomic mass is 35.5.